The van der Waals surface area contributed by atoms with Gasteiger partial charge in [0.25, 0.3) is 0 Å². The van der Waals surface area contributed by atoms with Gasteiger partial charge in [-0.25, -0.2) is 0 Å². The van der Waals surface area contributed by atoms with E-state index in [1.165, 1.54) is 4.88 Å². The van der Waals surface area contributed by atoms with Crippen LogP contribution in [0.25, 0.3) is 0 Å². The van der Waals surface area contributed by atoms with E-state index in [1.54, 1.807) is 0 Å². The van der Waals surface area contributed by atoms with Crippen molar-refractivity contribution in [1.82, 2.24) is 10.2 Å². The monoisotopic (exact) mass is 437 g/mol. The second kappa shape index (κ2) is 10.4. The molecule has 126 valence electrons. The first-order valence-electron chi connectivity index (χ1n) is 7.85. The maximum Gasteiger partial charge on any atom is 0.193 e. The molecule has 1 fully saturated rings. The average molecular weight is 437 g/mol. The molecule has 0 amide bonds. The van der Waals surface area contributed by atoms with E-state index in [9.17, 15) is 0 Å². The Morgan fingerprint density at radius 2 is 2.23 bits per heavy atom. The summed E-state index contributed by atoms with van der Waals surface area (Å²) in [6.07, 6.45) is 2.61. The lowest BCUT2D eigenvalue weighted by Crippen LogP contribution is -2.47. The van der Waals surface area contributed by atoms with Crippen LogP contribution in [-0.4, -0.2) is 50.3 Å². The zero-order chi connectivity index (χ0) is 15.1. The molecular formula is C16H28IN3OS. The molecule has 1 aliphatic heterocycles. The first-order valence-corrected chi connectivity index (χ1v) is 8.73. The molecule has 0 saturated carbocycles. The Labute approximate surface area is 155 Å². The molecule has 1 aliphatic rings. The minimum absolute atomic E-state index is 0. The van der Waals surface area contributed by atoms with Gasteiger partial charge in [0.2, 0.25) is 0 Å². The molecule has 1 atom stereocenters. The number of nitrogens with zero attached hydrogens (tertiary/aromatic N) is 2. The Kier molecular flexibility index (Phi) is 9.35. The van der Waals surface area contributed by atoms with Crippen molar-refractivity contribution in [3.8, 4) is 0 Å². The highest BCUT2D eigenvalue weighted by atomic mass is 127. The van der Waals surface area contributed by atoms with E-state index in [0.29, 0.717) is 12.0 Å². The fourth-order valence-electron chi connectivity index (χ4n) is 2.72. The Bertz CT molecular complexity index is 431. The molecule has 0 radical (unpaired) electrons. The van der Waals surface area contributed by atoms with Crippen molar-refractivity contribution in [2.45, 2.75) is 38.7 Å². The summed E-state index contributed by atoms with van der Waals surface area (Å²) >= 11 is 1.82. The van der Waals surface area contributed by atoms with E-state index in [-0.39, 0.29) is 24.0 Å². The number of nitrogens with one attached hydrogen (secondary N) is 1. The minimum atomic E-state index is 0. The summed E-state index contributed by atoms with van der Waals surface area (Å²) in [5.74, 6) is 1.54. The van der Waals surface area contributed by atoms with Gasteiger partial charge in [-0.15, -0.1) is 35.3 Å². The van der Waals surface area contributed by atoms with Gasteiger partial charge in [0.1, 0.15) is 0 Å². The molecule has 0 bridgehead atoms. The van der Waals surface area contributed by atoms with E-state index in [1.807, 2.05) is 18.4 Å². The number of rotatable bonds is 5. The Morgan fingerprint density at radius 3 is 2.77 bits per heavy atom. The first kappa shape index (κ1) is 19.7. The molecule has 6 heteroatoms. The molecule has 4 nitrogen and oxygen atoms in total. The van der Waals surface area contributed by atoms with Crippen molar-refractivity contribution >= 4 is 41.3 Å². The lowest BCUT2D eigenvalue weighted by atomic mass is 10.1. The van der Waals surface area contributed by atoms with Crippen LogP contribution >= 0.6 is 35.3 Å². The summed E-state index contributed by atoms with van der Waals surface area (Å²) in [5, 5.41) is 5.65. The van der Waals surface area contributed by atoms with Gasteiger partial charge in [-0.3, -0.25) is 4.99 Å². The van der Waals surface area contributed by atoms with E-state index in [0.717, 1.165) is 45.0 Å². The molecule has 1 N–H and O–H groups in total. The summed E-state index contributed by atoms with van der Waals surface area (Å²) in [7, 11) is 1.87. The van der Waals surface area contributed by atoms with Gasteiger partial charge in [-0.2, -0.15) is 0 Å². The standard InChI is InChI=1S/C16H27N3OS.HI/c1-4-20-14-7-9-19(10-8-14)16(17-3)18-12-13(2)15-6-5-11-21-15;/h5-6,11,13-14H,4,7-10,12H2,1-3H3,(H,17,18);1H. The van der Waals surface area contributed by atoms with E-state index >= 15 is 0 Å². The largest absolute Gasteiger partial charge is 0.378 e. The van der Waals surface area contributed by atoms with Gasteiger partial charge in [0.05, 0.1) is 6.10 Å². The summed E-state index contributed by atoms with van der Waals surface area (Å²) in [4.78, 5) is 8.20. The van der Waals surface area contributed by atoms with Gasteiger partial charge in [-0.1, -0.05) is 13.0 Å². The predicted octanol–water partition coefficient (Wildman–Crippen LogP) is 3.55. The quantitative estimate of drug-likeness (QED) is 0.435. The maximum absolute atomic E-state index is 5.71. The predicted molar refractivity (Wildman–Crippen MR) is 106 cm³/mol. The first-order chi connectivity index (χ1) is 10.2. The van der Waals surface area contributed by atoms with Crippen molar-refractivity contribution in [1.29, 1.82) is 0 Å². The van der Waals surface area contributed by atoms with Gasteiger partial charge < -0.3 is 15.0 Å². The zero-order valence-electron chi connectivity index (χ0n) is 13.7. The fraction of sp³-hybridized carbons (Fsp3) is 0.688. The van der Waals surface area contributed by atoms with Crippen molar-refractivity contribution in [2.75, 3.05) is 33.3 Å². The Hall–Kier alpha value is -0.340. The lowest BCUT2D eigenvalue weighted by Gasteiger charge is -2.34. The Balaban J connectivity index is 0.00000242. The molecule has 0 aliphatic carbocycles. The topological polar surface area (TPSA) is 36.9 Å². The zero-order valence-corrected chi connectivity index (χ0v) is 16.9. The minimum Gasteiger partial charge on any atom is -0.378 e. The molecule has 2 heterocycles. The molecule has 1 saturated heterocycles. The fourth-order valence-corrected chi connectivity index (χ4v) is 3.51. The molecule has 0 aromatic carbocycles. The average Bonchev–Trinajstić information content (AvgIpc) is 3.04. The number of aliphatic imine (C=N–C) groups is 1. The third-order valence-corrected chi connectivity index (χ3v) is 5.05. The Morgan fingerprint density at radius 1 is 1.50 bits per heavy atom. The van der Waals surface area contributed by atoms with Crippen LogP contribution in [-0.2, 0) is 4.74 Å². The summed E-state index contributed by atoms with van der Waals surface area (Å²) in [6.45, 7) is 8.12. The number of halogens is 1. The number of hydrogen-bond donors (Lipinski definition) is 1. The number of thiophene rings is 1. The van der Waals surface area contributed by atoms with Crippen molar-refractivity contribution < 1.29 is 4.74 Å². The van der Waals surface area contributed by atoms with Crippen LogP contribution in [0.5, 0.6) is 0 Å². The van der Waals surface area contributed by atoms with Crippen LogP contribution in [0.1, 0.15) is 37.5 Å². The molecule has 1 unspecified atom stereocenters. The number of likely N-dealkylation sites (tertiary alicyclic amines) is 1. The molecule has 1 aromatic heterocycles. The van der Waals surface area contributed by atoms with Crippen LogP contribution in [0.15, 0.2) is 22.5 Å². The molecule has 22 heavy (non-hydrogen) atoms. The van der Waals surface area contributed by atoms with Crippen LogP contribution in [0, 0.1) is 0 Å². The van der Waals surface area contributed by atoms with E-state index in [4.69, 9.17) is 4.74 Å². The third kappa shape index (κ3) is 5.70. The highest BCUT2D eigenvalue weighted by Gasteiger charge is 2.21. The second-order valence-corrected chi connectivity index (χ2v) is 6.47. The van der Waals surface area contributed by atoms with Gasteiger partial charge in [0, 0.05) is 44.1 Å². The van der Waals surface area contributed by atoms with Gasteiger partial charge >= 0.3 is 0 Å². The number of ether oxygens (including phenoxy) is 1. The highest BCUT2D eigenvalue weighted by Crippen LogP contribution is 2.20. The summed E-state index contributed by atoms with van der Waals surface area (Å²) in [5.41, 5.74) is 0. The number of hydrogen-bond acceptors (Lipinski definition) is 3. The molecule has 0 spiro atoms. The van der Waals surface area contributed by atoms with Crippen LogP contribution < -0.4 is 5.32 Å². The lowest BCUT2D eigenvalue weighted by molar-refractivity contribution is 0.0264. The molecule has 2 rings (SSSR count). The van der Waals surface area contributed by atoms with Gasteiger partial charge in [0.15, 0.2) is 5.96 Å². The summed E-state index contributed by atoms with van der Waals surface area (Å²) < 4.78 is 5.71. The van der Waals surface area contributed by atoms with Crippen molar-refractivity contribution in [2.24, 2.45) is 4.99 Å². The highest BCUT2D eigenvalue weighted by molar-refractivity contribution is 14.0. The number of piperidine rings is 1. The SMILES string of the molecule is CCOC1CCN(C(=NC)NCC(C)c2cccs2)CC1.I. The smallest absolute Gasteiger partial charge is 0.193 e. The number of guanidine groups is 1. The maximum atomic E-state index is 5.71. The van der Waals surface area contributed by atoms with Crippen molar-refractivity contribution in [3.63, 3.8) is 0 Å². The van der Waals surface area contributed by atoms with E-state index < -0.39 is 0 Å². The second-order valence-electron chi connectivity index (χ2n) is 5.49. The normalized spacial score (nSPS) is 18.0. The van der Waals surface area contributed by atoms with Gasteiger partial charge in [-0.05, 0) is 31.2 Å². The van der Waals surface area contributed by atoms with Crippen LogP contribution in [0.2, 0.25) is 0 Å². The van der Waals surface area contributed by atoms with Crippen LogP contribution in [0.4, 0.5) is 0 Å². The molecule has 1 aromatic rings. The third-order valence-electron chi connectivity index (χ3n) is 3.95. The molecular weight excluding hydrogens is 409 g/mol. The van der Waals surface area contributed by atoms with Crippen molar-refractivity contribution in [3.05, 3.63) is 22.4 Å². The summed E-state index contributed by atoms with van der Waals surface area (Å²) in [6, 6.07) is 4.32. The van der Waals surface area contributed by atoms with E-state index in [2.05, 4.69) is 46.6 Å². The van der Waals surface area contributed by atoms with Crippen LogP contribution in [0.3, 0.4) is 0 Å².